The van der Waals surface area contributed by atoms with Crippen LogP contribution >= 0.6 is 0 Å². The van der Waals surface area contributed by atoms with Crippen molar-refractivity contribution < 1.29 is 24.2 Å². The number of benzene rings is 2. The second kappa shape index (κ2) is 16.1. The molecule has 5 rings (SSSR count). The molecule has 11 nitrogen and oxygen atoms in total. The average molecular weight is 633 g/mol. The summed E-state index contributed by atoms with van der Waals surface area (Å²) in [5, 5.41) is 16.5. The van der Waals surface area contributed by atoms with Crippen LogP contribution in [0.5, 0.6) is 5.75 Å². The van der Waals surface area contributed by atoms with Crippen LogP contribution in [0.15, 0.2) is 36.5 Å². The number of aliphatic hydroxyl groups is 1. The van der Waals surface area contributed by atoms with Crippen LogP contribution in [0.2, 0.25) is 0 Å². The number of carbonyl (C=O) groups is 3. The lowest BCUT2D eigenvalue weighted by molar-refractivity contribution is -0.122. The number of aliphatic hydroxyl groups excluding tert-OH is 1. The Labute approximate surface area is 271 Å². The Balaban J connectivity index is 0.000000409. The van der Waals surface area contributed by atoms with E-state index in [2.05, 4.69) is 70.6 Å². The molecule has 3 heterocycles. The fourth-order valence-electron chi connectivity index (χ4n) is 6.07. The fourth-order valence-corrected chi connectivity index (χ4v) is 6.07. The van der Waals surface area contributed by atoms with Crippen molar-refractivity contribution in [1.82, 2.24) is 30.4 Å². The van der Waals surface area contributed by atoms with Crippen LogP contribution in [0.25, 0.3) is 11.0 Å². The zero-order valence-corrected chi connectivity index (χ0v) is 27.8. The largest absolute Gasteiger partial charge is 0.490 e. The number of aromatic nitrogens is 2. The Hall–Kier alpha value is -3.90. The Morgan fingerprint density at radius 1 is 1.13 bits per heavy atom. The molecule has 1 aromatic heterocycles. The Bertz CT molecular complexity index is 1500. The first kappa shape index (κ1) is 35.0. The normalized spacial score (nSPS) is 19.4. The molecule has 0 saturated carbocycles. The van der Waals surface area contributed by atoms with Crippen LogP contribution in [0.4, 0.5) is 0 Å². The maximum absolute atomic E-state index is 12.8. The molecule has 3 unspecified atom stereocenters. The van der Waals surface area contributed by atoms with Crippen molar-refractivity contribution in [3.63, 3.8) is 0 Å². The standard InChI is InChI=1S/C27H30N4O5.C8H18N2/c1-4-17-8-15(2)7-16(3)25(17)36-14-20(34)11-29-21-5-6-28-27(35)24(21)26-30-22-9-18(12-32)19(13-33)10-23(22)31-26;1-9(2)8-4-6-10(3)7-5-8/h5-10,12-13,20-21,24,29,34H,4,11,14H2,1-3H3,(H,28,35)(H,30,31);8H,4-7H2,1-3H3. The van der Waals surface area contributed by atoms with Gasteiger partial charge in [0.2, 0.25) is 5.91 Å². The number of piperidine rings is 1. The van der Waals surface area contributed by atoms with E-state index in [9.17, 15) is 19.5 Å². The first-order chi connectivity index (χ1) is 22.0. The average Bonchev–Trinajstić information content (AvgIpc) is 3.45. The highest BCUT2D eigenvalue weighted by Gasteiger charge is 2.33. The molecule has 1 saturated heterocycles. The van der Waals surface area contributed by atoms with Crippen LogP contribution in [-0.4, -0.2) is 109 Å². The van der Waals surface area contributed by atoms with E-state index in [4.69, 9.17) is 4.74 Å². The Morgan fingerprint density at radius 2 is 1.83 bits per heavy atom. The third-order valence-electron chi connectivity index (χ3n) is 8.73. The predicted octanol–water partition coefficient (Wildman–Crippen LogP) is 3.13. The number of hydrogen-bond donors (Lipinski definition) is 4. The van der Waals surface area contributed by atoms with Gasteiger partial charge in [-0.3, -0.25) is 14.4 Å². The molecular formula is C35H48N6O5. The highest BCUT2D eigenvalue weighted by atomic mass is 16.5. The fraction of sp³-hybridized carbons (Fsp3) is 0.486. The maximum Gasteiger partial charge on any atom is 0.236 e. The number of amides is 1. The number of likely N-dealkylation sites (tertiary alicyclic amines) is 1. The van der Waals surface area contributed by atoms with Gasteiger partial charge in [0, 0.05) is 36.0 Å². The van der Waals surface area contributed by atoms with Crippen molar-refractivity contribution in [2.75, 3.05) is 47.4 Å². The number of hydrogen-bond acceptors (Lipinski definition) is 9. The second-order valence-electron chi connectivity index (χ2n) is 12.5. The molecule has 2 aromatic carbocycles. The van der Waals surface area contributed by atoms with Gasteiger partial charge in [0.1, 0.15) is 30.2 Å². The molecule has 2 aliphatic rings. The summed E-state index contributed by atoms with van der Waals surface area (Å²) in [4.78, 5) is 47.7. The lowest BCUT2D eigenvalue weighted by atomic mass is 9.95. The van der Waals surface area contributed by atoms with Gasteiger partial charge in [-0.15, -0.1) is 0 Å². The molecule has 46 heavy (non-hydrogen) atoms. The number of rotatable bonds is 11. The van der Waals surface area contributed by atoms with E-state index in [0.717, 1.165) is 29.3 Å². The Kier molecular flexibility index (Phi) is 12.2. The number of aryl methyl sites for hydroxylation is 3. The molecule has 11 heteroatoms. The molecule has 4 N–H and O–H groups in total. The molecule has 0 aliphatic carbocycles. The number of aromatic amines is 1. The number of fused-ring (bicyclic) bond motifs is 1. The summed E-state index contributed by atoms with van der Waals surface area (Å²) in [5.41, 5.74) is 4.80. The summed E-state index contributed by atoms with van der Waals surface area (Å²) in [5.74, 6) is 0.205. The van der Waals surface area contributed by atoms with Gasteiger partial charge in [-0.05, 0) is 90.6 Å². The van der Waals surface area contributed by atoms with E-state index in [1.807, 2.05) is 13.8 Å². The zero-order valence-electron chi connectivity index (χ0n) is 27.8. The van der Waals surface area contributed by atoms with E-state index in [0.29, 0.717) is 29.4 Å². The lowest BCUT2D eigenvalue weighted by Gasteiger charge is -2.32. The van der Waals surface area contributed by atoms with Crippen molar-refractivity contribution in [3.8, 4) is 5.75 Å². The summed E-state index contributed by atoms with van der Waals surface area (Å²) >= 11 is 0. The van der Waals surface area contributed by atoms with Crippen LogP contribution in [0.1, 0.15) is 68.9 Å². The zero-order chi connectivity index (χ0) is 33.4. The Morgan fingerprint density at radius 3 is 2.48 bits per heavy atom. The third-order valence-corrected chi connectivity index (χ3v) is 8.73. The van der Waals surface area contributed by atoms with Crippen molar-refractivity contribution in [1.29, 1.82) is 0 Å². The number of nitrogens with zero attached hydrogens (tertiary/aromatic N) is 3. The van der Waals surface area contributed by atoms with Gasteiger partial charge in [-0.1, -0.05) is 30.7 Å². The second-order valence-corrected chi connectivity index (χ2v) is 12.5. The SMILES string of the molecule is CCc1cc(C)cc(C)c1OCC(O)CNC1C=CNC(=O)C1c1nc2cc(C=O)c(C=O)cc2[nH]1.CN1CCC(N(C)C)CC1. The first-order valence-corrected chi connectivity index (χ1v) is 15.9. The van der Waals surface area contributed by atoms with Crippen LogP contribution < -0.4 is 15.4 Å². The third kappa shape index (κ3) is 8.67. The van der Waals surface area contributed by atoms with Crippen molar-refractivity contribution in [2.24, 2.45) is 0 Å². The summed E-state index contributed by atoms with van der Waals surface area (Å²) < 4.78 is 5.97. The quantitative estimate of drug-likeness (QED) is 0.235. The van der Waals surface area contributed by atoms with Gasteiger partial charge in [0.05, 0.1) is 11.0 Å². The van der Waals surface area contributed by atoms with E-state index < -0.39 is 18.1 Å². The minimum Gasteiger partial charge on any atom is -0.490 e. The topological polar surface area (TPSA) is 140 Å². The number of H-pyrrole nitrogens is 1. The number of nitrogens with one attached hydrogen (secondary N) is 3. The summed E-state index contributed by atoms with van der Waals surface area (Å²) in [7, 11) is 6.55. The minimum absolute atomic E-state index is 0.102. The predicted molar refractivity (Wildman–Crippen MR) is 180 cm³/mol. The van der Waals surface area contributed by atoms with E-state index >= 15 is 0 Å². The van der Waals surface area contributed by atoms with Crippen LogP contribution in [0, 0.1) is 13.8 Å². The number of imidazole rings is 1. The summed E-state index contributed by atoms with van der Waals surface area (Å²) in [6, 6.07) is 7.59. The van der Waals surface area contributed by atoms with E-state index in [1.54, 1.807) is 18.3 Å². The van der Waals surface area contributed by atoms with Gasteiger partial charge < -0.3 is 35.3 Å². The van der Waals surface area contributed by atoms with Gasteiger partial charge in [0.25, 0.3) is 0 Å². The number of carbonyl (C=O) groups excluding carboxylic acids is 3. The van der Waals surface area contributed by atoms with Gasteiger partial charge in [-0.2, -0.15) is 0 Å². The molecule has 1 amide bonds. The molecule has 2 aliphatic heterocycles. The molecule has 3 aromatic rings. The molecular weight excluding hydrogens is 584 g/mol. The van der Waals surface area contributed by atoms with Crippen LogP contribution in [0.3, 0.4) is 0 Å². The van der Waals surface area contributed by atoms with E-state index in [1.165, 1.54) is 37.6 Å². The van der Waals surface area contributed by atoms with Crippen LogP contribution in [-0.2, 0) is 11.2 Å². The highest BCUT2D eigenvalue weighted by molar-refractivity contribution is 5.96. The van der Waals surface area contributed by atoms with E-state index in [-0.39, 0.29) is 30.2 Å². The molecule has 248 valence electrons. The summed E-state index contributed by atoms with van der Waals surface area (Å²) in [6.45, 7) is 8.93. The summed E-state index contributed by atoms with van der Waals surface area (Å²) in [6.07, 6.45) is 7.25. The highest BCUT2D eigenvalue weighted by Crippen LogP contribution is 2.27. The van der Waals surface area contributed by atoms with Gasteiger partial charge >= 0.3 is 0 Å². The molecule has 0 radical (unpaired) electrons. The molecule has 3 atom stereocenters. The smallest absolute Gasteiger partial charge is 0.236 e. The molecule has 0 spiro atoms. The van der Waals surface area contributed by atoms with Crippen molar-refractivity contribution >= 4 is 29.5 Å². The number of ether oxygens (including phenoxy) is 1. The van der Waals surface area contributed by atoms with Crippen molar-refractivity contribution in [3.05, 3.63) is 70.2 Å². The first-order valence-electron chi connectivity index (χ1n) is 15.9. The number of aldehydes is 2. The lowest BCUT2D eigenvalue weighted by Crippen LogP contribution is -2.47. The molecule has 0 bridgehead atoms. The van der Waals surface area contributed by atoms with Crippen molar-refractivity contribution in [2.45, 2.75) is 64.1 Å². The van der Waals surface area contributed by atoms with Gasteiger partial charge in [-0.25, -0.2) is 4.98 Å². The monoisotopic (exact) mass is 632 g/mol. The molecule has 1 fully saturated rings. The maximum atomic E-state index is 12.8. The minimum atomic E-state index is -0.810. The van der Waals surface area contributed by atoms with Gasteiger partial charge in [0.15, 0.2) is 12.6 Å².